The maximum Gasteiger partial charge on any atom is 0.340 e. The van der Waals surface area contributed by atoms with Crippen molar-refractivity contribution in [3.05, 3.63) is 53.2 Å². The molecule has 0 aliphatic rings. The van der Waals surface area contributed by atoms with E-state index in [4.69, 9.17) is 20.8 Å². The Hall–Kier alpha value is -2.34. The van der Waals surface area contributed by atoms with Gasteiger partial charge < -0.3 is 14.5 Å². The molecule has 23 heavy (non-hydrogen) atoms. The topological polar surface area (TPSA) is 81.4 Å². The number of halogens is 1. The fourth-order valence-corrected chi connectivity index (χ4v) is 1.97. The number of amides is 1. The van der Waals surface area contributed by atoms with Gasteiger partial charge in [0.2, 0.25) is 0 Å². The third kappa shape index (κ3) is 4.82. The van der Waals surface area contributed by atoms with Crippen LogP contribution in [0.3, 0.4) is 0 Å². The summed E-state index contributed by atoms with van der Waals surface area (Å²) in [6.07, 6.45) is 1.92. The van der Waals surface area contributed by atoms with Gasteiger partial charge in [0.05, 0.1) is 18.4 Å². The van der Waals surface area contributed by atoms with Crippen LogP contribution in [0, 0.1) is 5.92 Å². The van der Waals surface area contributed by atoms with Crippen molar-refractivity contribution in [1.29, 1.82) is 0 Å². The minimum atomic E-state index is -0.909. The fourth-order valence-electron chi connectivity index (χ4n) is 1.86. The lowest BCUT2D eigenvalue weighted by Crippen LogP contribution is -2.40. The third-order valence-corrected chi connectivity index (χ3v) is 3.30. The molecule has 1 amide bonds. The molecule has 2 rings (SSSR count). The Balaban J connectivity index is 1.98. The van der Waals surface area contributed by atoms with Gasteiger partial charge in [-0.3, -0.25) is 4.79 Å². The Kier molecular flexibility index (Phi) is 5.76. The first-order valence-electron chi connectivity index (χ1n) is 7.10. The molecule has 0 spiro atoms. The molecule has 0 aliphatic heterocycles. The van der Waals surface area contributed by atoms with Gasteiger partial charge in [-0.25, -0.2) is 9.78 Å². The lowest BCUT2D eigenvalue weighted by molar-refractivity contribution is -0.132. The van der Waals surface area contributed by atoms with Crippen LogP contribution in [-0.2, 0) is 16.1 Å². The first-order valence-corrected chi connectivity index (χ1v) is 7.48. The van der Waals surface area contributed by atoms with Crippen LogP contribution in [0.2, 0.25) is 5.15 Å². The molecule has 1 unspecified atom stereocenters. The molecule has 1 N–H and O–H groups in total. The fraction of sp³-hybridized carbons (Fsp3) is 0.312. The number of aromatic nitrogens is 1. The zero-order valence-corrected chi connectivity index (χ0v) is 13.5. The number of ether oxygens (including phenoxy) is 1. The van der Waals surface area contributed by atoms with Crippen molar-refractivity contribution < 1.29 is 18.7 Å². The second-order valence-corrected chi connectivity index (χ2v) is 5.62. The highest BCUT2D eigenvalue weighted by atomic mass is 35.5. The maximum absolute atomic E-state index is 12.2. The van der Waals surface area contributed by atoms with Crippen LogP contribution in [0.4, 0.5) is 0 Å². The molecule has 0 bridgehead atoms. The number of carbonyl (C=O) groups is 2. The molecule has 7 heteroatoms. The van der Waals surface area contributed by atoms with Crippen LogP contribution in [0.1, 0.15) is 30.0 Å². The Labute approximate surface area is 138 Å². The molecular weight excluding hydrogens is 320 g/mol. The van der Waals surface area contributed by atoms with E-state index in [-0.39, 0.29) is 29.1 Å². The predicted molar refractivity (Wildman–Crippen MR) is 83.8 cm³/mol. The number of rotatable bonds is 6. The Morgan fingerprint density at radius 3 is 2.70 bits per heavy atom. The standard InChI is InChI=1S/C16H17ClN2O4/c1-10(2)14(15(20)19-9-12-4-3-7-22-12)23-16(21)11-5-6-13(17)18-8-11/h3-8,10,14H,9H2,1-2H3,(H,19,20). The van der Waals surface area contributed by atoms with Crippen LogP contribution in [0.5, 0.6) is 0 Å². The lowest BCUT2D eigenvalue weighted by Gasteiger charge is -2.20. The van der Waals surface area contributed by atoms with Crippen molar-refractivity contribution in [1.82, 2.24) is 10.3 Å². The van der Waals surface area contributed by atoms with Gasteiger partial charge in [0.1, 0.15) is 10.9 Å². The third-order valence-electron chi connectivity index (χ3n) is 3.08. The summed E-state index contributed by atoms with van der Waals surface area (Å²) in [6.45, 7) is 3.82. The van der Waals surface area contributed by atoms with Crippen molar-refractivity contribution in [3.8, 4) is 0 Å². The molecule has 0 fully saturated rings. The SMILES string of the molecule is CC(C)C(OC(=O)c1ccc(Cl)nc1)C(=O)NCc1ccco1. The van der Waals surface area contributed by atoms with E-state index in [0.29, 0.717) is 5.76 Å². The smallest absolute Gasteiger partial charge is 0.340 e. The van der Waals surface area contributed by atoms with Crippen LogP contribution < -0.4 is 5.32 Å². The van der Waals surface area contributed by atoms with Crippen molar-refractivity contribution >= 4 is 23.5 Å². The highest BCUT2D eigenvalue weighted by Crippen LogP contribution is 2.13. The first kappa shape index (κ1) is 17.0. The zero-order chi connectivity index (χ0) is 16.8. The highest BCUT2D eigenvalue weighted by molar-refractivity contribution is 6.29. The zero-order valence-electron chi connectivity index (χ0n) is 12.8. The molecule has 122 valence electrons. The quantitative estimate of drug-likeness (QED) is 0.648. The van der Waals surface area contributed by atoms with Gasteiger partial charge in [-0.2, -0.15) is 0 Å². The highest BCUT2D eigenvalue weighted by Gasteiger charge is 2.27. The van der Waals surface area contributed by atoms with Crippen LogP contribution in [-0.4, -0.2) is 23.0 Å². The van der Waals surface area contributed by atoms with Crippen molar-refractivity contribution in [2.24, 2.45) is 5.92 Å². The Bertz CT molecular complexity index is 653. The van der Waals surface area contributed by atoms with Gasteiger partial charge in [0, 0.05) is 6.20 Å². The van der Waals surface area contributed by atoms with Crippen molar-refractivity contribution in [2.45, 2.75) is 26.5 Å². The van der Waals surface area contributed by atoms with Crippen molar-refractivity contribution in [3.63, 3.8) is 0 Å². The molecule has 0 saturated carbocycles. The number of carbonyl (C=O) groups excluding carboxylic acids is 2. The van der Waals surface area contributed by atoms with E-state index in [9.17, 15) is 9.59 Å². The van der Waals surface area contributed by atoms with Gasteiger partial charge in [-0.05, 0) is 30.2 Å². The van der Waals surface area contributed by atoms with Crippen LogP contribution in [0.25, 0.3) is 0 Å². The summed E-state index contributed by atoms with van der Waals surface area (Å²) in [7, 11) is 0. The van der Waals surface area contributed by atoms with E-state index in [1.807, 2.05) is 0 Å². The minimum absolute atomic E-state index is 0.184. The summed E-state index contributed by atoms with van der Waals surface area (Å²) in [5, 5.41) is 2.96. The number of hydrogen-bond acceptors (Lipinski definition) is 5. The molecule has 2 aromatic heterocycles. The van der Waals surface area contributed by atoms with Crippen LogP contribution in [0.15, 0.2) is 41.1 Å². The van der Waals surface area contributed by atoms with E-state index in [1.54, 1.807) is 26.0 Å². The summed E-state index contributed by atoms with van der Waals surface area (Å²) in [5.74, 6) is -0.572. The Morgan fingerprint density at radius 1 is 1.35 bits per heavy atom. The second-order valence-electron chi connectivity index (χ2n) is 5.24. The van der Waals surface area contributed by atoms with Gasteiger partial charge in [-0.1, -0.05) is 25.4 Å². The minimum Gasteiger partial charge on any atom is -0.467 e. The molecule has 2 aromatic rings. The van der Waals surface area contributed by atoms with E-state index >= 15 is 0 Å². The molecular formula is C16H17ClN2O4. The van der Waals surface area contributed by atoms with E-state index in [0.717, 1.165) is 0 Å². The van der Waals surface area contributed by atoms with E-state index < -0.39 is 12.1 Å². The van der Waals surface area contributed by atoms with E-state index in [1.165, 1.54) is 24.6 Å². The largest absolute Gasteiger partial charge is 0.467 e. The lowest BCUT2D eigenvalue weighted by atomic mass is 10.1. The molecule has 2 heterocycles. The Morgan fingerprint density at radius 2 is 2.13 bits per heavy atom. The summed E-state index contributed by atoms with van der Waals surface area (Å²) < 4.78 is 10.4. The van der Waals surface area contributed by atoms with Gasteiger partial charge >= 0.3 is 5.97 Å². The second kappa shape index (κ2) is 7.78. The van der Waals surface area contributed by atoms with Crippen molar-refractivity contribution in [2.75, 3.05) is 0 Å². The van der Waals surface area contributed by atoms with E-state index in [2.05, 4.69) is 10.3 Å². The number of hydrogen-bond donors (Lipinski definition) is 1. The van der Waals surface area contributed by atoms with Gasteiger partial charge in [0.25, 0.3) is 5.91 Å². The summed E-state index contributed by atoms with van der Waals surface area (Å²) in [4.78, 5) is 28.2. The van der Waals surface area contributed by atoms with Gasteiger partial charge in [-0.15, -0.1) is 0 Å². The number of pyridine rings is 1. The average Bonchev–Trinajstić information content (AvgIpc) is 3.03. The van der Waals surface area contributed by atoms with Crippen LogP contribution >= 0.6 is 11.6 Å². The molecule has 0 radical (unpaired) electrons. The normalized spacial score (nSPS) is 12.0. The summed E-state index contributed by atoms with van der Waals surface area (Å²) in [6, 6.07) is 6.46. The number of nitrogens with one attached hydrogen (secondary N) is 1. The molecule has 0 saturated heterocycles. The predicted octanol–water partition coefficient (Wildman–Crippen LogP) is 2.83. The molecule has 1 atom stereocenters. The maximum atomic E-state index is 12.2. The number of furan rings is 1. The summed E-state index contributed by atoms with van der Waals surface area (Å²) >= 11 is 5.68. The first-order chi connectivity index (χ1) is 11.0. The molecule has 0 aromatic carbocycles. The monoisotopic (exact) mass is 336 g/mol. The number of esters is 1. The molecule has 6 nitrogen and oxygen atoms in total. The molecule has 0 aliphatic carbocycles. The number of nitrogens with zero attached hydrogens (tertiary/aromatic N) is 1. The van der Waals surface area contributed by atoms with Gasteiger partial charge in [0.15, 0.2) is 6.10 Å². The average molecular weight is 337 g/mol. The summed E-state index contributed by atoms with van der Waals surface area (Å²) in [5.41, 5.74) is 0.235.